The highest BCUT2D eigenvalue weighted by Crippen LogP contribution is 2.35. The predicted molar refractivity (Wildman–Crippen MR) is 75.4 cm³/mol. The molecular formula is C15H25N3. The molecular weight excluding hydrogens is 222 g/mol. The average molecular weight is 247 g/mol. The first-order valence-electron chi connectivity index (χ1n) is 7.00. The number of pyridine rings is 1. The number of hydrogen-bond donors (Lipinski definition) is 1. The van der Waals surface area contributed by atoms with E-state index < -0.39 is 0 Å². The van der Waals surface area contributed by atoms with Gasteiger partial charge >= 0.3 is 0 Å². The summed E-state index contributed by atoms with van der Waals surface area (Å²) in [6.07, 6.45) is 7.44. The van der Waals surface area contributed by atoms with Crippen molar-refractivity contribution in [1.82, 2.24) is 9.88 Å². The lowest BCUT2D eigenvalue weighted by atomic mass is 9.83. The minimum Gasteiger partial charge on any atom is -0.322 e. The first kappa shape index (κ1) is 13.5. The molecule has 1 aliphatic heterocycles. The Morgan fingerprint density at radius 2 is 2.11 bits per heavy atom. The van der Waals surface area contributed by atoms with Crippen molar-refractivity contribution in [3.05, 3.63) is 29.6 Å². The fourth-order valence-corrected chi connectivity index (χ4v) is 3.00. The zero-order chi connectivity index (χ0) is 13.2. The topological polar surface area (TPSA) is 42.1 Å². The van der Waals surface area contributed by atoms with Crippen molar-refractivity contribution in [2.45, 2.75) is 51.6 Å². The summed E-state index contributed by atoms with van der Waals surface area (Å²) in [5, 5.41) is 0. The maximum atomic E-state index is 6.58. The molecule has 0 spiro atoms. The van der Waals surface area contributed by atoms with E-state index in [4.69, 9.17) is 5.73 Å². The van der Waals surface area contributed by atoms with Crippen molar-refractivity contribution in [2.75, 3.05) is 13.1 Å². The Morgan fingerprint density at radius 1 is 1.44 bits per heavy atom. The van der Waals surface area contributed by atoms with Crippen LogP contribution in [0.3, 0.4) is 0 Å². The molecule has 2 rings (SSSR count). The van der Waals surface area contributed by atoms with Crippen LogP contribution in [0.15, 0.2) is 18.5 Å². The van der Waals surface area contributed by atoms with Crippen molar-refractivity contribution in [2.24, 2.45) is 5.73 Å². The van der Waals surface area contributed by atoms with Crippen LogP contribution in [-0.4, -0.2) is 28.5 Å². The molecule has 1 saturated heterocycles. The SMILES string of the molecule is CCC(C)(C(N)c1cnccc1C)N1CCCC1. The maximum Gasteiger partial charge on any atom is 0.0497 e. The Morgan fingerprint density at radius 3 is 2.67 bits per heavy atom. The third kappa shape index (κ3) is 2.29. The summed E-state index contributed by atoms with van der Waals surface area (Å²) in [5.74, 6) is 0. The van der Waals surface area contributed by atoms with Crippen LogP contribution >= 0.6 is 0 Å². The number of likely N-dealkylation sites (tertiary alicyclic amines) is 1. The monoisotopic (exact) mass is 247 g/mol. The Bertz CT molecular complexity index is 398. The molecule has 3 heteroatoms. The van der Waals surface area contributed by atoms with E-state index in [2.05, 4.69) is 36.7 Å². The third-order valence-electron chi connectivity index (χ3n) is 4.63. The fraction of sp³-hybridized carbons (Fsp3) is 0.667. The normalized spacial score (nSPS) is 21.8. The zero-order valence-corrected chi connectivity index (χ0v) is 11.8. The lowest BCUT2D eigenvalue weighted by molar-refractivity contribution is 0.0996. The van der Waals surface area contributed by atoms with Gasteiger partial charge in [0.25, 0.3) is 0 Å². The standard InChI is InChI=1S/C15H25N3/c1-4-15(3,18-9-5-6-10-18)14(16)13-11-17-8-7-12(13)2/h7-8,11,14H,4-6,9-10,16H2,1-3H3. The highest BCUT2D eigenvalue weighted by atomic mass is 15.2. The minimum atomic E-state index is 0.0364. The molecule has 0 saturated carbocycles. The van der Waals surface area contributed by atoms with Crippen LogP contribution < -0.4 is 5.73 Å². The molecule has 2 N–H and O–H groups in total. The number of nitrogens with two attached hydrogens (primary N) is 1. The molecule has 0 aliphatic carbocycles. The molecule has 2 atom stereocenters. The van der Waals surface area contributed by atoms with E-state index in [1.54, 1.807) is 0 Å². The Balaban J connectivity index is 2.29. The molecule has 1 aliphatic rings. The van der Waals surface area contributed by atoms with Crippen LogP contribution in [0.4, 0.5) is 0 Å². The highest BCUT2D eigenvalue weighted by Gasteiger charge is 2.38. The molecule has 0 radical (unpaired) electrons. The van der Waals surface area contributed by atoms with Gasteiger partial charge in [0.05, 0.1) is 0 Å². The first-order chi connectivity index (χ1) is 8.59. The van der Waals surface area contributed by atoms with Gasteiger partial charge in [-0.2, -0.15) is 0 Å². The largest absolute Gasteiger partial charge is 0.322 e. The maximum absolute atomic E-state index is 6.58. The predicted octanol–water partition coefficient (Wildman–Crippen LogP) is 2.65. The molecule has 3 nitrogen and oxygen atoms in total. The van der Waals surface area contributed by atoms with E-state index in [0.29, 0.717) is 0 Å². The average Bonchev–Trinajstić information content (AvgIpc) is 2.92. The molecule has 0 aromatic carbocycles. The van der Waals surface area contributed by atoms with Crippen molar-refractivity contribution in [3.63, 3.8) is 0 Å². The van der Waals surface area contributed by atoms with Crippen LogP contribution in [0.25, 0.3) is 0 Å². The van der Waals surface area contributed by atoms with E-state index in [0.717, 1.165) is 6.42 Å². The molecule has 1 fully saturated rings. The van der Waals surface area contributed by atoms with Gasteiger partial charge in [-0.3, -0.25) is 9.88 Å². The van der Waals surface area contributed by atoms with E-state index in [1.807, 2.05) is 12.4 Å². The lowest BCUT2D eigenvalue weighted by Crippen LogP contribution is -2.52. The second kappa shape index (κ2) is 5.37. The lowest BCUT2D eigenvalue weighted by Gasteiger charge is -2.43. The summed E-state index contributed by atoms with van der Waals surface area (Å²) in [5.41, 5.74) is 9.06. The van der Waals surface area contributed by atoms with Gasteiger partial charge in [0.1, 0.15) is 0 Å². The Kier molecular flexibility index (Phi) is 4.03. The minimum absolute atomic E-state index is 0.0364. The van der Waals surface area contributed by atoms with Crippen molar-refractivity contribution >= 4 is 0 Å². The van der Waals surface area contributed by atoms with Crippen LogP contribution in [0, 0.1) is 6.92 Å². The van der Waals surface area contributed by atoms with E-state index in [1.165, 1.54) is 37.1 Å². The summed E-state index contributed by atoms with van der Waals surface area (Å²) in [6.45, 7) is 9.02. The highest BCUT2D eigenvalue weighted by molar-refractivity contribution is 5.28. The van der Waals surface area contributed by atoms with Gasteiger partial charge in [0.2, 0.25) is 0 Å². The molecule has 0 bridgehead atoms. The summed E-state index contributed by atoms with van der Waals surface area (Å²) in [4.78, 5) is 6.80. The molecule has 2 heterocycles. The van der Waals surface area contributed by atoms with Crippen LogP contribution in [0.5, 0.6) is 0 Å². The third-order valence-corrected chi connectivity index (χ3v) is 4.63. The van der Waals surface area contributed by atoms with Gasteiger partial charge in [-0.25, -0.2) is 0 Å². The smallest absolute Gasteiger partial charge is 0.0497 e. The van der Waals surface area contributed by atoms with Crippen molar-refractivity contribution < 1.29 is 0 Å². The summed E-state index contributed by atoms with van der Waals surface area (Å²) in [7, 11) is 0. The van der Waals surface area contributed by atoms with E-state index >= 15 is 0 Å². The molecule has 2 unspecified atom stereocenters. The number of aromatic nitrogens is 1. The van der Waals surface area contributed by atoms with Crippen molar-refractivity contribution in [3.8, 4) is 0 Å². The molecule has 18 heavy (non-hydrogen) atoms. The van der Waals surface area contributed by atoms with Crippen LogP contribution in [0.2, 0.25) is 0 Å². The Hall–Kier alpha value is -0.930. The number of rotatable bonds is 4. The van der Waals surface area contributed by atoms with Crippen LogP contribution in [0.1, 0.15) is 50.3 Å². The molecule has 1 aromatic heterocycles. The van der Waals surface area contributed by atoms with Crippen molar-refractivity contribution in [1.29, 1.82) is 0 Å². The summed E-state index contributed by atoms with van der Waals surface area (Å²) in [6, 6.07) is 2.09. The van der Waals surface area contributed by atoms with Gasteiger partial charge in [0, 0.05) is 24.0 Å². The number of nitrogens with zero attached hydrogens (tertiary/aromatic N) is 2. The molecule has 100 valence electrons. The van der Waals surface area contributed by atoms with Gasteiger partial charge < -0.3 is 5.73 Å². The summed E-state index contributed by atoms with van der Waals surface area (Å²) >= 11 is 0. The van der Waals surface area contributed by atoms with Gasteiger partial charge in [-0.1, -0.05) is 6.92 Å². The molecule has 0 amide bonds. The first-order valence-corrected chi connectivity index (χ1v) is 7.00. The fourth-order valence-electron chi connectivity index (χ4n) is 3.00. The quantitative estimate of drug-likeness (QED) is 0.889. The number of aryl methyl sites for hydroxylation is 1. The van der Waals surface area contributed by atoms with Gasteiger partial charge in [-0.15, -0.1) is 0 Å². The van der Waals surface area contributed by atoms with Gasteiger partial charge in [-0.05, 0) is 63.4 Å². The zero-order valence-electron chi connectivity index (χ0n) is 11.8. The Labute approximate surface area is 110 Å². The second-order valence-corrected chi connectivity index (χ2v) is 5.61. The molecule has 1 aromatic rings. The number of hydrogen-bond acceptors (Lipinski definition) is 3. The van der Waals surface area contributed by atoms with E-state index in [-0.39, 0.29) is 11.6 Å². The second-order valence-electron chi connectivity index (χ2n) is 5.61. The van der Waals surface area contributed by atoms with E-state index in [9.17, 15) is 0 Å². The summed E-state index contributed by atoms with van der Waals surface area (Å²) < 4.78 is 0. The van der Waals surface area contributed by atoms with Gasteiger partial charge in [0.15, 0.2) is 0 Å². The van der Waals surface area contributed by atoms with Crippen LogP contribution in [-0.2, 0) is 0 Å².